The maximum atomic E-state index is 10.6. The molecular formula is C13H13N3O2. The van der Waals surface area contributed by atoms with Crippen LogP contribution in [0.3, 0.4) is 0 Å². The predicted octanol–water partition coefficient (Wildman–Crippen LogP) is 1.84. The summed E-state index contributed by atoms with van der Waals surface area (Å²) in [6.07, 6.45) is 1.25. The van der Waals surface area contributed by atoms with Gasteiger partial charge in [-0.25, -0.2) is 0 Å². The molecule has 92 valence electrons. The molecule has 0 aliphatic heterocycles. The Balaban J connectivity index is 2.90. The first-order valence-electron chi connectivity index (χ1n) is 5.50. The molecule has 18 heavy (non-hydrogen) atoms. The summed E-state index contributed by atoms with van der Waals surface area (Å²) in [5.41, 5.74) is 0.919. The number of carbonyl (C=O) groups is 1. The van der Waals surface area contributed by atoms with E-state index < -0.39 is 0 Å². The second-order valence-corrected chi connectivity index (χ2v) is 3.66. The smallest absolute Gasteiger partial charge is 0.153 e. The molecule has 1 N–H and O–H groups in total. The molecule has 0 atom stereocenters. The van der Waals surface area contributed by atoms with Crippen LogP contribution >= 0.6 is 0 Å². The zero-order valence-corrected chi connectivity index (χ0v) is 9.83. The quantitative estimate of drug-likeness (QED) is 0.770. The summed E-state index contributed by atoms with van der Waals surface area (Å²) in [5, 5.41) is 26.8. The van der Waals surface area contributed by atoms with Crippen molar-refractivity contribution in [1.82, 2.24) is 0 Å². The number of phenolic OH excluding ortho intramolecular Hbond substituents is 1. The SMILES string of the molecule is N#CCCN(CCC#N)c1ccc(C=O)c(O)c1. The lowest BCUT2D eigenvalue weighted by Crippen LogP contribution is -2.25. The lowest BCUT2D eigenvalue weighted by Gasteiger charge is -2.22. The van der Waals surface area contributed by atoms with E-state index in [1.54, 1.807) is 6.07 Å². The van der Waals surface area contributed by atoms with Gasteiger partial charge in [0.05, 0.1) is 30.5 Å². The molecule has 5 nitrogen and oxygen atoms in total. The Bertz CT molecular complexity index is 482. The molecule has 0 heterocycles. The number of carbonyl (C=O) groups excluding carboxylic acids is 1. The molecule has 0 radical (unpaired) electrons. The molecule has 0 fully saturated rings. The Labute approximate surface area is 105 Å². The molecule has 0 saturated carbocycles. The van der Waals surface area contributed by atoms with Crippen LogP contribution in [0.5, 0.6) is 5.75 Å². The highest BCUT2D eigenvalue weighted by molar-refractivity contribution is 5.80. The Kier molecular flexibility index (Phi) is 5.21. The van der Waals surface area contributed by atoms with Gasteiger partial charge in [-0.15, -0.1) is 0 Å². The maximum absolute atomic E-state index is 10.6. The van der Waals surface area contributed by atoms with Gasteiger partial charge in [0.25, 0.3) is 0 Å². The molecule has 0 spiro atoms. The third-order valence-electron chi connectivity index (χ3n) is 2.49. The van der Waals surface area contributed by atoms with Crippen molar-refractivity contribution in [2.24, 2.45) is 0 Å². The zero-order valence-electron chi connectivity index (χ0n) is 9.83. The lowest BCUT2D eigenvalue weighted by molar-refractivity contribution is 0.112. The van der Waals surface area contributed by atoms with E-state index in [4.69, 9.17) is 10.5 Å². The number of hydrogen-bond acceptors (Lipinski definition) is 5. The van der Waals surface area contributed by atoms with Gasteiger partial charge in [-0.2, -0.15) is 10.5 Å². The summed E-state index contributed by atoms with van der Waals surface area (Å²) in [4.78, 5) is 12.4. The van der Waals surface area contributed by atoms with Crippen LogP contribution in [0.4, 0.5) is 5.69 Å². The van der Waals surface area contributed by atoms with Gasteiger partial charge in [0.15, 0.2) is 6.29 Å². The second-order valence-electron chi connectivity index (χ2n) is 3.66. The fourth-order valence-corrected chi connectivity index (χ4v) is 1.57. The summed E-state index contributed by atoms with van der Waals surface area (Å²) < 4.78 is 0. The van der Waals surface area contributed by atoms with Gasteiger partial charge in [0.1, 0.15) is 5.75 Å². The van der Waals surface area contributed by atoms with E-state index in [9.17, 15) is 9.90 Å². The van der Waals surface area contributed by atoms with E-state index in [1.165, 1.54) is 12.1 Å². The molecule has 0 unspecified atom stereocenters. The molecule has 1 aromatic rings. The molecule has 0 amide bonds. The summed E-state index contributed by atoms with van der Waals surface area (Å²) in [6.45, 7) is 0.968. The van der Waals surface area contributed by atoms with Crippen molar-refractivity contribution < 1.29 is 9.90 Å². The normalized spacial score (nSPS) is 9.22. The van der Waals surface area contributed by atoms with E-state index in [1.807, 2.05) is 17.0 Å². The van der Waals surface area contributed by atoms with Crippen molar-refractivity contribution in [2.75, 3.05) is 18.0 Å². The van der Waals surface area contributed by atoms with Crippen LogP contribution in [0.25, 0.3) is 0 Å². The highest BCUT2D eigenvalue weighted by Crippen LogP contribution is 2.23. The highest BCUT2D eigenvalue weighted by Gasteiger charge is 2.08. The molecule has 0 aliphatic rings. The zero-order chi connectivity index (χ0) is 13.4. The van der Waals surface area contributed by atoms with Crippen LogP contribution in [0.15, 0.2) is 18.2 Å². The largest absolute Gasteiger partial charge is 0.507 e. The molecular weight excluding hydrogens is 230 g/mol. The van der Waals surface area contributed by atoms with E-state index in [0.717, 1.165) is 0 Å². The van der Waals surface area contributed by atoms with Crippen LogP contribution in [0.1, 0.15) is 23.2 Å². The number of aldehydes is 1. The molecule has 1 rings (SSSR count). The number of aromatic hydroxyl groups is 1. The highest BCUT2D eigenvalue weighted by atomic mass is 16.3. The topological polar surface area (TPSA) is 88.1 Å². The van der Waals surface area contributed by atoms with Crippen molar-refractivity contribution in [3.8, 4) is 17.9 Å². The van der Waals surface area contributed by atoms with E-state index in [2.05, 4.69) is 0 Å². The number of nitriles is 2. The third kappa shape index (κ3) is 3.50. The van der Waals surface area contributed by atoms with Crippen molar-refractivity contribution in [3.63, 3.8) is 0 Å². The van der Waals surface area contributed by atoms with Crippen molar-refractivity contribution in [1.29, 1.82) is 10.5 Å². The molecule has 1 aromatic carbocycles. The van der Waals surface area contributed by atoms with Gasteiger partial charge in [-0.1, -0.05) is 0 Å². The molecule has 0 saturated heterocycles. The van der Waals surface area contributed by atoms with Gasteiger partial charge in [0, 0.05) is 24.8 Å². The number of anilines is 1. The molecule has 0 bridgehead atoms. The van der Waals surface area contributed by atoms with E-state index >= 15 is 0 Å². The summed E-state index contributed by atoms with van der Waals surface area (Å²) >= 11 is 0. The fourth-order valence-electron chi connectivity index (χ4n) is 1.57. The molecule has 5 heteroatoms. The Morgan fingerprint density at radius 1 is 1.22 bits per heavy atom. The van der Waals surface area contributed by atoms with Gasteiger partial charge in [0.2, 0.25) is 0 Å². The fraction of sp³-hybridized carbons (Fsp3) is 0.308. The monoisotopic (exact) mass is 243 g/mol. The minimum atomic E-state index is -0.0959. The van der Waals surface area contributed by atoms with Crippen LogP contribution < -0.4 is 4.90 Å². The summed E-state index contributed by atoms with van der Waals surface area (Å²) in [6, 6.07) is 8.76. The number of hydrogen-bond donors (Lipinski definition) is 1. The minimum absolute atomic E-state index is 0.0959. The number of phenols is 1. The van der Waals surface area contributed by atoms with Crippen LogP contribution in [0.2, 0.25) is 0 Å². The number of benzene rings is 1. The Morgan fingerprint density at radius 2 is 1.83 bits per heavy atom. The van der Waals surface area contributed by atoms with Gasteiger partial charge in [-0.3, -0.25) is 4.79 Å². The van der Waals surface area contributed by atoms with Crippen LogP contribution in [-0.2, 0) is 0 Å². The standard InChI is InChI=1S/C13H13N3O2/c14-5-1-7-16(8-2-6-15)12-4-3-11(10-17)13(18)9-12/h3-4,9-10,18H,1-2,7-8H2. The molecule has 0 aromatic heterocycles. The summed E-state index contributed by atoms with van der Waals surface area (Å²) in [7, 11) is 0. The van der Waals surface area contributed by atoms with Crippen molar-refractivity contribution in [2.45, 2.75) is 12.8 Å². The second kappa shape index (κ2) is 6.93. The van der Waals surface area contributed by atoms with Crippen LogP contribution in [0, 0.1) is 22.7 Å². The average molecular weight is 243 g/mol. The maximum Gasteiger partial charge on any atom is 0.153 e. The average Bonchev–Trinajstić information content (AvgIpc) is 2.39. The van der Waals surface area contributed by atoms with Gasteiger partial charge < -0.3 is 10.0 Å². The third-order valence-corrected chi connectivity index (χ3v) is 2.49. The number of rotatable bonds is 6. The van der Waals surface area contributed by atoms with E-state index in [0.29, 0.717) is 37.9 Å². The van der Waals surface area contributed by atoms with Gasteiger partial charge >= 0.3 is 0 Å². The van der Waals surface area contributed by atoms with Gasteiger partial charge in [-0.05, 0) is 12.1 Å². The van der Waals surface area contributed by atoms with Crippen LogP contribution in [-0.4, -0.2) is 24.5 Å². The Hall–Kier alpha value is -2.53. The Morgan fingerprint density at radius 3 is 2.28 bits per heavy atom. The lowest BCUT2D eigenvalue weighted by atomic mass is 10.1. The minimum Gasteiger partial charge on any atom is -0.507 e. The first-order valence-corrected chi connectivity index (χ1v) is 5.50. The first kappa shape index (κ1) is 13.5. The van der Waals surface area contributed by atoms with E-state index in [-0.39, 0.29) is 11.3 Å². The summed E-state index contributed by atoms with van der Waals surface area (Å²) in [5.74, 6) is -0.0959. The van der Waals surface area contributed by atoms with Crippen molar-refractivity contribution >= 4 is 12.0 Å². The van der Waals surface area contributed by atoms with Crippen molar-refractivity contribution in [3.05, 3.63) is 23.8 Å². The first-order chi connectivity index (χ1) is 8.72. The number of nitrogens with zero attached hydrogens (tertiary/aromatic N) is 3. The predicted molar refractivity (Wildman–Crippen MR) is 66.2 cm³/mol. The molecule has 0 aliphatic carbocycles.